The molecule has 0 spiro atoms. The van der Waals surface area contributed by atoms with Crippen molar-refractivity contribution in [3.8, 4) is 5.75 Å². The van der Waals surface area contributed by atoms with Crippen molar-refractivity contribution in [2.75, 3.05) is 32.1 Å². The van der Waals surface area contributed by atoms with Crippen LogP contribution in [0, 0.1) is 5.92 Å². The fourth-order valence-electron chi connectivity index (χ4n) is 2.74. The van der Waals surface area contributed by atoms with Crippen LogP contribution in [0.1, 0.15) is 26.2 Å². The van der Waals surface area contributed by atoms with Crippen LogP contribution in [0.15, 0.2) is 24.3 Å². The third kappa shape index (κ3) is 4.87. The third-order valence-electron chi connectivity index (χ3n) is 4.06. The summed E-state index contributed by atoms with van der Waals surface area (Å²) < 4.78 is 5.25. The van der Waals surface area contributed by atoms with Crippen molar-refractivity contribution in [2.24, 2.45) is 5.92 Å². The highest BCUT2D eigenvalue weighted by Crippen LogP contribution is 2.24. The molecule has 2 rings (SSSR count). The first-order chi connectivity index (χ1) is 11.1. The number of nitrogens with one attached hydrogen (secondary N) is 2. The Kier molecular flexibility index (Phi) is 6.26. The SMILES string of the molecule is CCC(=O)NC[C@H]1CCCN(C(=O)Nc2ccccc2OC)C1. The normalized spacial score (nSPS) is 17.5. The molecule has 1 aliphatic rings. The van der Waals surface area contributed by atoms with Crippen molar-refractivity contribution in [1.29, 1.82) is 0 Å². The Morgan fingerprint density at radius 3 is 2.87 bits per heavy atom. The minimum Gasteiger partial charge on any atom is -0.495 e. The number of carbonyl (C=O) groups excluding carboxylic acids is 2. The molecule has 0 radical (unpaired) electrons. The maximum absolute atomic E-state index is 12.4. The fraction of sp³-hybridized carbons (Fsp3) is 0.529. The standard InChI is InChI=1S/C17H25N3O3/c1-3-16(21)18-11-13-7-6-10-20(12-13)17(22)19-14-8-4-5-9-15(14)23-2/h4-5,8-9,13H,3,6-7,10-12H2,1-2H3,(H,18,21)(H,19,22)/t13-/m1/s1. The van der Waals surface area contributed by atoms with E-state index in [1.165, 1.54) is 0 Å². The lowest BCUT2D eigenvalue weighted by molar-refractivity contribution is -0.121. The molecule has 0 unspecified atom stereocenters. The van der Waals surface area contributed by atoms with Crippen molar-refractivity contribution in [1.82, 2.24) is 10.2 Å². The summed E-state index contributed by atoms with van der Waals surface area (Å²) in [6, 6.07) is 7.23. The molecule has 1 heterocycles. The monoisotopic (exact) mass is 319 g/mol. The van der Waals surface area contributed by atoms with Crippen LogP contribution in [0.5, 0.6) is 5.75 Å². The van der Waals surface area contributed by atoms with Gasteiger partial charge in [0.15, 0.2) is 0 Å². The Morgan fingerprint density at radius 1 is 1.35 bits per heavy atom. The molecule has 1 aromatic carbocycles. The number of likely N-dealkylation sites (tertiary alicyclic amines) is 1. The number of nitrogens with zero attached hydrogens (tertiary/aromatic N) is 1. The zero-order valence-electron chi connectivity index (χ0n) is 13.8. The van der Waals surface area contributed by atoms with Gasteiger partial charge in [-0.15, -0.1) is 0 Å². The highest BCUT2D eigenvalue weighted by Gasteiger charge is 2.24. The quantitative estimate of drug-likeness (QED) is 0.876. The van der Waals surface area contributed by atoms with Gasteiger partial charge in [-0.05, 0) is 30.9 Å². The number of para-hydroxylation sites is 2. The van der Waals surface area contributed by atoms with Crippen LogP contribution >= 0.6 is 0 Å². The Morgan fingerprint density at radius 2 is 2.13 bits per heavy atom. The summed E-state index contributed by atoms with van der Waals surface area (Å²) in [5.41, 5.74) is 0.668. The van der Waals surface area contributed by atoms with Crippen LogP contribution in [-0.2, 0) is 4.79 Å². The first-order valence-electron chi connectivity index (χ1n) is 8.09. The first kappa shape index (κ1) is 17.1. The predicted molar refractivity (Wildman–Crippen MR) is 89.6 cm³/mol. The number of amides is 3. The van der Waals surface area contributed by atoms with Crippen molar-refractivity contribution < 1.29 is 14.3 Å². The minimum absolute atomic E-state index is 0.0561. The molecule has 126 valence electrons. The van der Waals surface area contributed by atoms with Crippen molar-refractivity contribution in [2.45, 2.75) is 26.2 Å². The molecule has 1 aliphatic heterocycles. The van der Waals surface area contributed by atoms with Gasteiger partial charge < -0.3 is 20.3 Å². The number of rotatable bonds is 5. The second-order valence-electron chi connectivity index (χ2n) is 5.74. The van der Waals surface area contributed by atoms with Crippen LogP contribution in [0.2, 0.25) is 0 Å². The number of methoxy groups -OCH3 is 1. The van der Waals surface area contributed by atoms with Gasteiger partial charge in [-0.25, -0.2) is 4.79 Å². The summed E-state index contributed by atoms with van der Waals surface area (Å²) in [5, 5.41) is 5.81. The van der Waals surface area contributed by atoms with Crippen LogP contribution in [0.25, 0.3) is 0 Å². The number of ether oxygens (including phenoxy) is 1. The molecule has 1 aromatic rings. The molecule has 23 heavy (non-hydrogen) atoms. The minimum atomic E-state index is -0.124. The van der Waals surface area contributed by atoms with E-state index in [2.05, 4.69) is 10.6 Å². The summed E-state index contributed by atoms with van der Waals surface area (Å²) in [7, 11) is 1.58. The lowest BCUT2D eigenvalue weighted by Crippen LogP contribution is -2.45. The molecule has 1 atom stereocenters. The summed E-state index contributed by atoms with van der Waals surface area (Å²) in [6.07, 6.45) is 2.47. The molecule has 0 saturated carbocycles. The zero-order valence-corrected chi connectivity index (χ0v) is 13.8. The Hall–Kier alpha value is -2.24. The third-order valence-corrected chi connectivity index (χ3v) is 4.06. The summed E-state index contributed by atoms with van der Waals surface area (Å²) in [5.74, 6) is 1.01. The topological polar surface area (TPSA) is 70.7 Å². The maximum Gasteiger partial charge on any atom is 0.321 e. The average molecular weight is 319 g/mol. The van der Waals surface area contributed by atoms with Gasteiger partial charge in [0, 0.05) is 26.1 Å². The fourth-order valence-corrected chi connectivity index (χ4v) is 2.74. The van der Waals surface area contributed by atoms with E-state index in [0.717, 1.165) is 19.4 Å². The van der Waals surface area contributed by atoms with E-state index in [0.29, 0.717) is 36.9 Å². The number of piperidine rings is 1. The molecule has 0 aliphatic carbocycles. The van der Waals surface area contributed by atoms with Gasteiger partial charge in [0.1, 0.15) is 5.75 Å². The average Bonchev–Trinajstić information content (AvgIpc) is 2.60. The number of urea groups is 1. The van der Waals surface area contributed by atoms with Gasteiger partial charge >= 0.3 is 6.03 Å². The maximum atomic E-state index is 12.4. The van der Waals surface area contributed by atoms with E-state index in [4.69, 9.17) is 4.74 Å². The summed E-state index contributed by atoms with van der Waals surface area (Å²) >= 11 is 0. The van der Waals surface area contributed by atoms with Gasteiger partial charge in [0.25, 0.3) is 0 Å². The van der Waals surface area contributed by atoms with E-state index in [1.54, 1.807) is 12.0 Å². The smallest absolute Gasteiger partial charge is 0.321 e. The molecule has 2 N–H and O–H groups in total. The van der Waals surface area contributed by atoms with E-state index in [-0.39, 0.29) is 11.9 Å². The second-order valence-corrected chi connectivity index (χ2v) is 5.74. The molecule has 0 aromatic heterocycles. The largest absolute Gasteiger partial charge is 0.495 e. The number of carbonyl (C=O) groups is 2. The lowest BCUT2D eigenvalue weighted by Gasteiger charge is -2.33. The van der Waals surface area contributed by atoms with Crippen molar-refractivity contribution in [3.05, 3.63) is 24.3 Å². The van der Waals surface area contributed by atoms with Crippen molar-refractivity contribution >= 4 is 17.6 Å². The van der Waals surface area contributed by atoms with Crippen LogP contribution in [-0.4, -0.2) is 43.6 Å². The van der Waals surface area contributed by atoms with Gasteiger partial charge in [-0.3, -0.25) is 4.79 Å². The second kappa shape index (κ2) is 8.41. The van der Waals surface area contributed by atoms with E-state index in [1.807, 2.05) is 31.2 Å². The molecule has 6 heteroatoms. The van der Waals surface area contributed by atoms with Gasteiger partial charge in [0.2, 0.25) is 5.91 Å². The molecular weight excluding hydrogens is 294 g/mol. The molecule has 6 nitrogen and oxygen atoms in total. The first-order valence-corrected chi connectivity index (χ1v) is 8.09. The Labute approximate surface area is 137 Å². The molecule has 1 saturated heterocycles. The molecular formula is C17H25N3O3. The summed E-state index contributed by atoms with van der Waals surface area (Å²) in [4.78, 5) is 25.6. The molecule has 1 fully saturated rings. The Balaban J connectivity index is 1.90. The lowest BCUT2D eigenvalue weighted by atomic mass is 9.98. The zero-order chi connectivity index (χ0) is 16.7. The van der Waals surface area contributed by atoms with Gasteiger partial charge in [0.05, 0.1) is 12.8 Å². The highest BCUT2D eigenvalue weighted by molar-refractivity contribution is 5.91. The van der Waals surface area contributed by atoms with Gasteiger partial charge in [-0.1, -0.05) is 19.1 Å². The number of hydrogen-bond acceptors (Lipinski definition) is 3. The molecule has 3 amide bonds. The van der Waals surface area contributed by atoms with Crippen LogP contribution < -0.4 is 15.4 Å². The van der Waals surface area contributed by atoms with Crippen molar-refractivity contribution in [3.63, 3.8) is 0 Å². The van der Waals surface area contributed by atoms with E-state index < -0.39 is 0 Å². The van der Waals surface area contributed by atoms with Gasteiger partial charge in [-0.2, -0.15) is 0 Å². The molecule has 0 bridgehead atoms. The Bertz CT molecular complexity index is 548. The number of anilines is 1. The highest BCUT2D eigenvalue weighted by atomic mass is 16.5. The van der Waals surface area contributed by atoms with E-state index >= 15 is 0 Å². The number of benzene rings is 1. The van der Waals surface area contributed by atoms with E-state index in [9.17, 15) is 9.59 Å². The van der Waals surface area contributed by atoms with Crippen LogP contribution in [0.3, 0.4) is 0 Å². The number of hydrogen-bond donors (Lipinski definition) is 2. The predicted octanol–water partition coefficient (Wildman–Crippen LogP) is 2.47. The summed E-state index contributed by atoms with van der Waals surface area (Å²) in [6.45, 7) is 3.86. The van der Waals surface area contributed by atoms with Crippen LogP contribution in [0.4, 0.5) is 10.5 Å².